The third kappa shape index (κ3) is 6.84. The summed E-state index contributed by atoms with van der Waals surface area (Å²) in [5.74, 6) is 2.51. The first kappa shape index (κ1) is 21.2. The number of hydrogen-bond donors (Lipinski definition) is 2. The topological polar surface area (TPSA) is 96.3 Å². The van der Waals surface area contributed by atoms with Crippen LogP contribution in [0.2, 0.25) is 10.0 Å². The molecule has 2 aromatic carbocycles. The van der Waals surface area contributed by atoms with Crippen molar-refractivity contribution < 1.29 is 9.47 Å². The Balaban J connectivity index is 0.000000171. The number of benzene rings is 2. The number of pyridine rings is 2. The molecular weight excluding hydrogens is 423 g/mol. The van der Waals surface area contributed by atoms with Gasteiger partial charge in [0, 0.05) is 48.0 Å². The normalized spacial score (nSPS) is 9.93. The third-order valence-corrected chi connectivity index (χ3v) is 3.96. The smallest absolute Gasteiger partial charge is 0.147 e. The average Bonchev–Trinajstić information content (AvgIpc) is 2.69. The molecule has 152 valence electrons. The van der Waals surface area contributed by atoms with Gasteiger partial charge in [0.1, 0.15) is 23.0 Å². The minimum absolute atomic E-state index is 0.538. The van der Waals surface area contributed by atoms with Crippen LogP contribution in [0.25, 0.3) is 0 Å². The minimum atomic E-state index is 0.538. The van der Waals surface area contributed by atoms with Crippen molar-refractivity contribution in [3.8, 4) is 23.0 Å². The number of nitrogens with zero attached hydrogens (tertiary/aromatic N) is 2. The summed E-state index contributed by atoms with van der Waals surface area (Å²) in [5, 5.41) is 1.08. The Morgan fingerprint density at radius 2 is 1.00 bits per heavy atom. The second kappa shape index (κ2) is 10.3. The lowest BCUT2D eigenvalue weighted by atomic mass is 10.3. The molecule has 0 aliphatic heterocycles. The van der Waals surface area contributed by atoms with E-state index in [2.05, 4.69) is 9.97 Å². The standard InChI is InChI=1S/2C11H9ClN2O/c2*12-8-4-11(7-14-6-8)15-10-3-1-2-9(13)5-10/h2*1-7H,13H2. The Morgan fingerprint density at radius 1 is 0.567 bits per heavy atom. The molecule has 4 N–H and O–H groups in total. The van der Waals surface area contributed by atoms with Crippen LogP contribution < -0.4 is 20.9 Å². The molecule has 0 spiro atoms. The maximum absolute atomic E-state index is 5.78. The Morgan fingerprint density at radius 3 is 1.37 bits per heavy atom. The zero-order valence-electron chi connectivity index (χ0n) is 15.7. The van der Waals surface area contributed by atoms with Gasteiger partial charge < -0.3 is 20.9 Å². The molecule has 0 amide bonds. The molecule has 4 aromatic rings. The number of nitrogens with two attached hydrogens (primary N) is 2. The van der Waals surface area contributed by atoms with Crippen molar-refractivity contribution in [2.75, 3.05) is 11.5 Å². The molecule has 0 saturated carbocycles. The van der Waals surface area contributed by atoms with Gasteiger partial charge in [0.2, 0.25) is 0 Å². The highest BCUT2D eigenvalue weighted by atomic mass is 35.5. The summed E-state index contributed by atoms with van der Waals surface area (Å²) >= 11 is 11.6. The van der Waals surface area contributed by atoms with Crippen LogP contribution in [0, 0.1) is 0 Å². The Labute approximate surface area is 184 Å². The van der Waals surface area contributed by atoms with Crippen LogP contribution in [-0.2, 0) is 0 Å². The van der Waals surface area contributed by atoms with Crippen LogP contribution in [0.3, 0.4) is 0 Å². The fourth-order valence-electron chi connectivity index (χ4n) is 2.32. The molecule has 6 nitrogen and oxygen atoms in total. The molecule has 0 saturated heterocycles. The highest BCUT2D eigenvalue weighted by Crippen LogP contribution is 2.25. The molecule has 0 radical (unpaired) electrons. The van der Waals surface area contributed by atoms with Gasteiger partial charge in [-0.15, -0.1) is 0 Å². The quantitative estimate of drug-likeness (QED) is 0.365. The summed E-state index contributed by atoms with van der Waals surface area (Å²) in [4.78, 5) is 7.83. The summed E-state index contributed by atoms with van der Waals surface area (Å²) in [6, 6.07) is 17.7. The number of aromatic nitrogens is 2. The van der Waals surface area contributed by atoms with Crippen LogP contribution in [0.4, 0.5) is 11.4 Å². The maximum Gasteiger partial charge on any atom is 0.147 e. The highest BCUT2D eigenvalue weighted by Gasteiger charge is 2.00. The number of anilines is 2. The van der Waals surface area contributed by atoms with Crippen LogP contribution in [-0.4, -0.2) is 9.97 Å². The van der Waals surface area contributed by atoms with Gasteiger partial charge in [-0.1, -0.05) is 35.3 Å². The number of halogens is 2. The largest absolute Gasteiger partial charge is 0.456 e. The lowest BCUT2D eigenvalue weighted by Crippen LogP contribution is -1.88. The van der Waals surface area contributed by atoms with Crippen LogP contribution in [0.5, 0.6) is 23.0 Å². The van der Waals surface area contributed by atoms with Crippen molar-refractivity contribution in [2.45, 2.75) is 0 Å². The summed E-state index contributed by atoms with van der Waals surface area (Å²) in [6.45, 7) is 0. The number of hydrogen-bond acceptors (Lipinski definition) is 6. The molecule has 4 rings (SSSR count). The summed E-state index contributed by atoms with van der Waals surface area (Å²) in [7, 11) is 0. The Kier molecular flexibility index (Phi) is 7.32. The van der Waals surface area contributed by atoms with Gasteiger partial charge in [-0.05, 0) is 24.3 Å². The zero-order chi connectivity index (χ0) is 21.3. The van der Waals surface area contributed by atoms with E-state index in [1.54, 1.807) is 61.2 Å². The van der Waals surface area contributed by atoms with Crippen molar-refractivity contribution in [3.05, 3.63) is 95.5 Å². The predicted octanol–water partition coefficient (Wildman–Crippen LogP) is 6.22. The molecule has 0 unspecified atom stereocenters. The first-order chi connectivity index (χ1) is 14.5. The van der Waals surface area contributed by atoms with E-state index in [4.69, 9.17) is 44.1 Å². The summed E-state index contributed by atoms with van der Waals surface area (Å²) < 4.78 is 11.0. The molecule has 30 heavy (non-hydrogen) atoms. The van der Waals surface area contributed by atoms with E-state index < -0.39 is 0 Å². The second-order valence-electron chi connectivity index (χ2n) is 6.03. The van der Waals surface area contributed by atoms with E-state index in [-0.39, 0.29) is 0 Å². The lowest BCUT2D eigenvalue weighted by molar-refractivity contribution is 0.480. The van der Waals surface area contributed by atoms with E-state index >= 15 is 0 Å². The Hall–Kier alpha value is -3.48. The van der Waals surface area contributed by atoms with E-state index in [1.165, 1.54) is 0 Å². The average molecular weight is 441 g/mol. The number of ether oxygens (including phenoxy) is 2. The van der Waals surface area contributed by atoms with Gasteiger partial charge in [-0.3, -0.25) is 9.97 Å². The van der Waals surface area contributed by atoms with Crippen molar-refractivity contribution >= 4 is 34.6 Å². The van der Waals surface area contributed by atoms with Crippen molar-refractivity contribution in [3.63, 3.8) is 0 Å². The summed E-state index contributed by atoms with van der Waals surface area (Å²) in [5.41, 5.74) is 12.6. The lowest BCUT2D eigenvalue weighted by Gasteiger charge is -2.05. The fourth-order valence-corrected chi connectivity index (χ4v) is 2.65. The monoisotopic (exact) mass is 440 g/mol. The fraction of sp³-hybridized carbons (Fsp3) is 0. The SMILES string of the molecule is Nc1cccc(Oc2cncc(Cl)c2)c1.Nc1cccc(Oc2cncc(Cl)c2)c1. The van der Waals surface area contributed by atoms with Gasteiger partial charge in [-0.25, -0.2) is 0 Å². The van der Waals surface area contributed by atoms with E-state index in [9.17, 15) is 0 Å². The van der Waals surface area contributed by atoms with Crippen LogP contribution in [0.15, 0.2) is 85.5 Å². The first-order valence-electron chi connectivity index (χ1n) is 8.76. The maximum atomic E-state index is 5.78. The molecule has 0 fully saturated rings. The second-order valence-corrected chi connectivity index (χ2v) is 6.90. The molecule has 0 aliphatic carbocycles. The first-order valence-corrected chi connectivity index (χ1v) is 9.51. The number of rotatable bonds is 4. The van der Waals surface area contributed by atoms with Crippen LogP contribution >= 0.6 is 23.2 Å². The molecule has 0 atom stereocenters. The molecule has 2 heterocycles. The minimum Gasteiger partial charge on any atom is -0.456 e. The molecular formula is C22H18Cl2N4O2. The summed E-state index contributed by atoms with van der Waals surface area (Å²) in [6.07, 6.45) is 6.28. The van der Waals surface area contributed by atoms with Crippen molar-refractivity contribution in [2.24, 2.45) is 0 Å². The van der Waals surface area contributed by atoms with Crippen molar-refractivity contribution in [1.82, 2.24) is 9.97 Å². The molecule has 0 bridgehead atoms. The molecule has 2 aromatic heterocycles. The zero-order valence-corrected chi connectivity index (χ0v) is 17.2. The van der Waals surface area contributed by atoms with Gasteiger partial charge in [0.25, 0.3) is 0 Å². The highest BCUT2D eigenvalue weighted by molar-refractivity contribution is 6.30. The predicted molar refractivity (Wildman–Crippen MR) is 120 cm³/mol. The van der Waals surface area contributed by atoms with Gasteiger partial charge in [-0.2, -0.15) is 0 Å². The van der Waals surface area contributed by atoms with Crippen LogP contribution in [0.1, 0.15) is 0 Å². The number of nitrogen functional groups attached to an aromatic ring is 2. The van der Waals surface area contributed by atoms with E-state index in [0.29, 0.717) is 44.4 Å². The van der Waals surface area contributed by atoms with E-state index in [0.717, 1.165) is 0 Å². The van der Waals surface area contributed by atoms with Crippen molar-refractivity contribution in [1.29, 1.82) is 0 Å². The third-order valence-electron chi connectivity index (χ3n) is 3.55. The van der Waals surface area contributed by atoms with Gasteiger partial charge in [0.15, 0.2) is 0 Å². The molecule has 0 aliphatic rings. The van der Waals surface area contributed by atoms with Gasteiger partial charge >= 0.3 is 0 Å². The molecule has 8 heteroatoms. The Bertz CT molecular complexity index is 949. The van der Waals surface area contributed by atoms with Gasteiger partial charge in [0.05, 0.1) is 22.4 Å². The van der Waals surface area contributed by atoms with E-state index in [1.807, 2.05) is 24.3 Å².